The Balaban J connectivity index is 4.28. The summed E-state index contributed by atoms with van der Waals surface area (Å²) in [5.41, 5.74) is 0.0910. The van der Waals surface area contributed by atoms with Crippen LogP contribution in [0.5, 0.6) is 0 Å². The summed E-state index contributed by atoms with van der Waals surface area (Å²) >= 11 is 0. The second-order valence-corrected chi connectivity index (χ2v) is 3.44. The van der Waals surface area contributed by atoms with E-state index in [9.17, 15) is 9.18 Å². The van der Waals surface area contributed by atoms with Crippen molar-refractivity contribution in [2.75, 3.05) is 7.05 Å². The molecule has 0 fully saturated rings. The molecule has 94 valence electrons. The first-order valence-corrected chi connectivity index (χ1v) is 5.14. The molecule has 0 bridgehead atoms. The molecule has 0 saturated carbocycles. The summed E-state index contributed by atoms with van der Waals surface area (Å²) in [6.07, 6.45) is 6.72. The van der Waals surface area contributed by atoms with Gasteiger partial charge in [-0.25, -0.2) is 4.39 Å². The molecule has 0 spiro atoms. The normalized spacial score (nSPS) is 14.2. The van der Waals surface area contributed by atoms with Crippen LogP contribution in [-0.4, -0.2) is 23.8 Å². The highest BCUT2D eigenvalue weighted by Crippen LogP contribution is 2.05. The maximum Gasteiger partial charge on any atom is 0.309 e. The first kappa shape index (κ1) is 15.1. The monoisotopic (exact) mass is 240 g/mol. The van der Waals surface area contributed by atoms with E-state index in [1.807, 2.05) is 0 Å². The van der Waals surface area contributed by atoms with Crippen molar-refractivity contribution in [3.8, 4) is 0 Å². The highest BCUT2D eigenvalue weighted by Gasteiger charge is 2.08. The molecule has 1 unspecified atom stereocenters. The third-order valence-electron chi connectivity index (χ3n) is 1.96. The molecule has 0 radical (unpaired) electrons. The van der Waals surface area contributed by atoms with Crippen LogP contribution in [0.3, 0.4) is 0 Å². The summed E-state index contributed by atoms with van der Waals surface area (Å²) in [6, 6.07) is 0. The van der Waals surface area contributed by atoms with Gasteiger partial charge in [-0.1, -0.05) is 19.1 Å². The summed E-state index contributed by atoms with van der Waals surface area (Å²) in [7, 11) is 1.66. The number of allylic oxidation sites excluding steroid dienone is 5. The van der Waals surface area contributed by atoms with Crippen LogP contribution in [0.25, 0.3) is 0 Å². The van der Waals surface area contributed by atoms with E-state index in [0.717, 1.165) is 0 Å². The van der Waals surface area contributed by atoms with E-state index in [1.165, 1.54) is 24.4 Å². The molecule has 0 aromatic rings. The molecule has 0 heterocycles. The van der Waals surface area contributed by atoms with E-state index >= 15 is 0 Å². The number of aliphatic carboxylic acids is 1. The fourth-order valence-corrected chi connectivity index (χ4v) is 0.973. The summed E-state index contributed by atoms with van der Waals surface area (Å²) in [4.78, 5) is 10.4. The zero-order chi connectivity index (χ0) is 13.3. The standard InChI is InChI=1S/C12H17FN2O2/c1-9(11(14)8-12(16)17)4-3-5-10(13)6-7-15-2/h3-7,9,14-15H,8H2,1-2H3,(H,16,17)/b4-3?,7-6+,10-5+,14-11?. The van der Waals surface area contributed by atoms with E-state index in [4.69, 9.17) is 10.5 Å². The molecule has 0 saturated heterocycles. The molecule has 17 heavy (non-hydrogen) atoms. The Labute approximate surface area is 100 Å². The number of carbonyl (C=O) groups is 1. The van der Waals surface area contributed by atoms with Gasteiger partial charge in [0, 0.05) is 18.7 Å². The molecule has 0 aliphatic carbocycles. The van der Waals surface area contributed by atoms with Crippen LogP contribution in [0.2, 0.25) is 0 Å². The Bertz CT molecular complexity index is 360. The lowest BCUT2D eigenvalue weighted by molar-refractivity contribution is -0.135. The van der Waals surface area contributed by atoms with Crippen molar-refractivity contribution < 1.29 is 14.3 Å². The highest BCUT2D eigenvalue weighted by atomic mass is 19.1. The van der Waals surface area contributed by atoms with Gasteiger partial charge >= 0.3 is 5.97 Å². The molecule has 3 N–H and O–H groups in total. The van der Waals surface area contributed by atoms with Gasteiger partial charge in [0.25, 0.3) is 0 Å². The first-order valence-electron chi connectivity index (χ1n) is 5.14. The quantitative estimate of drug-likeness (QED) is 0.472. The van der Waals surface area contributed by atoms with Crippen LogP contribution in [0.1, 0.15) is 13.3 Å². The summed E-state index contributed by atoms with van der Waals surface area (Å²) in [6.45, 7) is 1.69. The van der Waals surface area contributed by atoms with Gasteiger partial charge in [0.1, 0.15) is 5.83 Å². The van der Waals surface area contributed by atoms with Gasteiger partial charge in [0.05, 0.1) is 6.42 Å². The van der Waals surface area contributed by atoms with Crippen molar-refractivity contribution >= 4 is 11.7 Å². The topological polar surface area (TPSA) is 73.2 Å². The molecule has 1 atom stereocenters. The SMILES string of the molecule is CN/C=C/C(F)=C\C=CC(C)C(=N)CC(=O)O. The van der Waals surface area contributed by atoms with Gasteiger partial charge in [-0.15, -0.1) is 0 Å². The molecule has 0 amide bonds. The largest absolute Gasteiger partial charge is 0.481 e. The Morgan fingerprint density at radius 2 is 2.24 bits per heavy atom. The van der Waals surface area contributed by atoms with Crippen molar-refractivity contribution in [1.29, 1.82) is 5.41 Å². The fraction of sp³-hybridized carbons (Fsp3) is 0.333. The van der Waals surface area contributed by atoms with E-state index in [2.05, 4.69) is 5.32 Å². The maximum atomic E-state index is 13.0. The lowest BCUT2D eigenvalue weighted by Gasteiger charge is -2.04. The maximum absolute atomic E-state index is 13.0. The number of hydrogen-bond acceptors (Lipinski definition) is 3. The molecule has 0 aliphatic heterocycles. The van der Waals surface area contributed by atoms with Crippen LogP contribution < -0.4 is 5.32 Å². The second-order valence-electron chi connectivity index (χ2n) is 3.44. The Morgan fingerprint density at radius 1 is 1.59 bits per heavy atom. The Morgan fingerprint density at radius 3 is 2.76 bits per heavy atom. The van der Waals surface area contributed by atoms with Crippen molar-refractivity contribution in [2.45, 2.75) is 13.3 Å². The minimum atomic E-state index is -1.03. The van der Waals surface area contributed by atoms with Crippen LogP contribution in [0.4, 0.5) is 4.39 Å². The molecule has 0 rings (SSSR count). The van der Waals surface area contributed by atoms with E-state index in [0.29, 0.717) is 0 Å². The van der Waals surface area contributed by atoms with Gasteiger partial charge < -0.3 is 15.8 Å². The number of rotatable bonds is 7. The van der Waals surface area contributed by atoms with Crippen molar-refractivity contribution in [2.24, 2.45) is 5.92 Å². The number of nitrogens with one attached hydrogen (secondary N) is 2. The van der Waals surface area contributed by atoms with Gasteiger partial charge in [-0.2, -0.15) is 0 Å². The second kappa shape index (κ2) is 8.27. The smallest absolute Gasteiger partial charge is 0.309 e. The highest BCUT2D eigenvalue weighted by molar-refractivity contribution is 5.98. The molecule has 5 heteroatoms. The first-order chi connectivity index (χ1) is 7.97. The number of carboxylic acid groups (broad SMARTS) is 1. The zero-order valence-electron chi connectivity index (χ0n) is 9.90. The zero-order valence-corrected chi connectivity index (χ0v) is 9.90. The van der Waals surface area contributed by atoms with E-state index < -0.39 is 11.8 Å². The Hall–Kier alpha value is -1.91. The lowest BCUT2D eigenvalue weighted by atomic mass is 10.0. The van der Waals surface area contributed by atoms with Crippen LogP contribution in [-0.2, 0) is 4.79 Å². The predicted octanol–water partition coefficient (Wildman–Crippen LogP) is 2.26. The van der Waals surface area contributed by atoms with Crippen molar-refractivity contribution in [1.82, 2.24) is 5.32 Å². The predicted molar refractivity (Wildman–Crippen MR) is 65.7 cm³/mol. The van der Waals surface area contributed by atoms with Gasteiger partial charge in [-0.3, -0.25) is 4.79 Å². The van der Waals surface area contributed by atoms with Crippen molar-refractivity contribution in [3.63, 3.8) is 0 Å². The fourth-order valence-electron chi connectivity index (χ4n) is 0.973. The molecule has 4 nitrogen and oxygen atoms in total. The van der Waals surface area contributed by atoms with Crippen LogP contribution in [0, 0.1) is 11.3 Å². The van der Waals surface area contributed by atoms with Crippen molar-refractivity contribution in [3.05, 3.63) is 36.3 Å². The molecule has 0 aromatic carbocycles. The van der Waals surface area contributed by atoms with Gasteiger partial charge in [-0.05, 0) is 18.4 Å². The Kier molecular flexibility index (Phi) is 7.34. The van der Waals surface area contributed by atoms with Crippen LogP contribution >= 0.6 is 0 Å². The number of halogens is 1. The molecular formula is C12H17FN2O2. The summed E-state index contributed by atoms with van der Waals surface area (Å²) in [5, 5.41) is 18.6. The average molecular weight is 240 g/mol. The molecular weight excluding hydrogens is 223 g/mol. The number of carboxylic acids is 1. The number of hydrogen-bond donors (Lipinski definition) is 3. The summed E-state index contributed by atoms with van der Waals surface area (Å²) in [5.74, 6) is -1.77. The average Bonchev–Trinajstić information content (AvgIpc) is 2.25. The third-order valence-corrected chi connectivity index (χ3v) is 1.96. The molecule has 0 aliphatic rings. The minimum Gasteiger partial charge on any atom is -0.481 e. The van der Waals surface area contributed by atoms with E-state index in [1.54, 1.807) is 20.0 Å². The third kappa shape index (κ3) is 7.96. The van der Waals surface area contributed by atoms with E-state index in [-0.39, 0.29) is 18.1 Å². The van der Waals surface area contributed by atoms with Crippen LogP contribution in [0.15, 0.2) is 36.3 Å². The minimum absolute atomic E-state index is 0.0910. The van der Waals surface area contributed by atoms with Gasteiger partial charge in [0.2, 0.25) is 0 Å². The summed E-state index contributed by atoms with van der Waals surface area (Å²) < 4.78 is 13.0. The molecule has 0 aromatic heterocycles. The lowest BCUT2D eigenvalue weighted by Crippen LogP contribution is -2.12. The van der Waals surface area contributed by atoms with Gasteiger partial charge in [0.15, 0.2) is 0 Å².